The Labute approximate surface area is 127 Å². The second-order valence-corrected chi connectivity index (χ2v) is 6.04. The van der Waals surface area contributed by atoms with E-state index in [4.69, 9.17) is 0 Å². The molecular formula is C18H26FNO. The molecule has 0 aliphatic carbocycles. The van der Waals surface area contributed by atoms with Crippen LogP contribution in [-0.2, 0) is 4.79 Å². The van der Waals surface area contributed by atoms with Gasteiger partial charge in [-0.3, -0.25) is 4.79 Å². The van der Waals surface area contributed by atoms with Gasteiger partial charge in [-0.05, 0) is 43.4 Å². The fourth-order valence-electron chi connectivity index (χ4n) is 3.25. The Morgan fingerprint density at radius 1 is 1.24 bits per heavy atom. The summed E-state index contributed by atoms with van der Waals surface area (Å²) in [5, 5.41) is 0. The van der Waals surface area contributed by atoms with Crippen LogP contribution in [-0.4, -0.2) is 23.9 Å². The zero-order chi connectivity index (χ0) is 15.2. The SMILES string of the molecule is CCC(CC)C(=O)N1CCCCC(c2ccc(F)cc2)C1. The van der Waals surface area contributed by atoms with Crippen molar-refractivity contribution in [1.29, 1.82) is 0 Å². The quantitative estimate of drug-likeness (QED) is 0.807. The van der Waals surface area contributed by atoms with Gasteiger partial charge in [-0.1, -0.05) is 32.4 Å². The van der Waals surface area contributed by atoms with Crippen LogP contribution in [0, 0.1) is 11.7 Å². The van der Waals surface area contributed by atoms with E-state index in [1.54, 1.807) is 0 Å². The van der Waals surface area contributed by atoms with E-state index in [0.717, 1.165) is 50.8 Å². The molecule has 1 amide bonds. The third-order valence-corrected chi connectivity index (χ3v) is 4.66. The molecule has 2 nitrogen and oxygen atoms in total. The Bertz CT molecular complexity index is 453. The molecule has 0 radical (unpaired) electrons. The molecule has 2 rings (SSSR count). The van der Waals surface area contributed by atoms with E-state index in [1.807, 2.05) is 17.0 Å². The highest BCUT2D eigenvalue weighted by Gasteiger charge is 2.26. The number of benzene rings is 1. The summed E-state index contributed by atoms with van der Waals surface area (Å²) in [6.45, 7) is 5.82. The highest BCUT2D eigenvalue weighted by atomic mass is 19.1. The van der Waals surface area contributed by atoms with E-state index in [0.29, 0.717) is 11.8 Å². The Balaban J connectivity index is 2.10. The summed E-state index contributed by atoms with van der Waals surface area (Å²) in [4.78, 5) is 14.7. The van der Waals surface area contributed by atoms with E-state index < -0.39 is 0 Å². The number of rotatable bonds is 4. The lowest BCUT2D eigenvalue weighted by atomic mass is 9.94. The van der Waals surface area contributed by atoms with Crippen LogP contribution in [0.25, 0.3) is 0 Å². The Hall–Kier alpha value is -1.38. The van der Waals surface area contributed by atoms with Crippen LogP contribution in [0.3, 0.4) is 0 Å². The highest BCUT2D eigenvalue weighted by Crippen LogP contribution is 2.28. The maximum atomic E-state index is 13.1. The molecule has 1 saturated heterocycles. The van der Waals surface area contributed by atoms with Gasteiger partial charge in [-0.2, -0.15) is 0 Å². The van der Waals surface area contributed by atoms with Gasteiger partial charge in [0.2, 0.25) is 5.91 Å². The van der Waals surface area contributed by atoms with Crippen LogP contribution >= 0.6 is 0 Å². The molecule has 1 fully saturated rings. The minimum absolute atomic E-state index is 0.150. The molecule has 0 spiro atoms. The predicted molar refractivity (Wildman–Crippen MR) is 83.6 cm³/mol. The first-order valence-corrected chi connectivity index (χ1v) is 8.20. The van der Waals surface area contributed by atoms with Crippen molar-refractivity contribution >= 4 is 5.91 Å². The number of hydrogen-bond acceptors (Lipinski definition) is 1. The first kappa shape index (κ1) is 16.0. The molecule has 1 aromatic rings. The lowest BCUT2D eigenvalue weighted by Crippen LogP contribution is -2.38. The average Bonchev–Trinajstić information content (AvgIpc) is 2.75. The summed E-state index contributed by atoms with van der Waals surface area (Å²) in [6.07, 6.45) is 5.11. The number of nitrogens with zero attached hydrogens (tertiary/aromatic N) is 1. The average molecular weight is 291 g/mol. The van der Waals surface area contributed by atoms with Gasteiger partial charge >= 0.3 is 0 Å². The molecule has 116 valence electrons. The molecule has 1 aromatic carbocycles. The lowest BCUT2D eigenvalue weighted by Gasteiger charge is -2.28. The maximum Gasteiger partial charge on any atom is 0.225 e. The molecule has 0 bridgehead atoms. The van der Waals surface area contributed by atoms with Gasteiger partial charge in [0.25, 0.3) is 0 Å². The number of carbonyl (C=O) groups is 1. The maximum absolute atomic E-state index is 13.1. The smallest absolute Gasteiger partial charge is 0.225 e. The minimum atomic E-state index is -0.197. The van der Waals surface area contributed by atoms with Crippen molar-refractivity contribution in [3.8, 4) is 0 Å². The van der Waals surface area contributed by atoms with Gasteiger partial charge < -0.3 is 4.90 Å². The van der Waals surface area contributed by atoms with Gasteiger partial charge in [-0.25, -0.2) is 4.39 Å². The third kappa shape index (κ3) is 4.05. The molecule has 3 heteroatoms. The predicted octanol–water partition coefficient (Wildman–Crippen LogP) is 4.36. The van der Waals surface area contributed by atoms with Crippen LogP contribution in [0.4, 0.5) is 4.39 Å². The molecule has 21 heavy (non-hydrogen) atoms. The monoisotopic (exact) mass is 291 g/mol. The van der Waals surface area contributed by atoms with Crippen molar-refractivity contribution in [3.63, 3.8) is 0 Å². The first-order valence-electron chi connectivity index (χ1n) is 8.20. The van der Waals surface area contributed by atoms with E-state index in [1.165, 1.54) is 12.1 Å². The van der Waals surface area contributed by atoms with Crippen LogP contribution in [0.1, 0.15) is 57.4 Å². The molecule has 1 aliphatic rings. The molecule has 1 heterocycles. The standard InChI is InChI=1S/C18H26FNO/c1-3-14(4-2)18(21)20-12-6-5-7-16(13-20)15-8-10-17(19)11-9-15/h8-11,14,16H,3-7,12-13H2,1-2H3. The third-order valence-electron chi connectivity index (χ3n) is 4.66. The number of halogens is 1. The van der Waals surface area contributed by atoms with Gasteiger partial charge in [0.15, 0.2) is 0 Å². The molecular weight excluding hydrogens is 265 g/mol. The summed E-state index contributed by atoms with van der Waals surface area (Å²) < 4.78 is 13.1. The summed E-state index contributed by atoms with van der Waals surface area (Å²) in [6, 6.07) is 6.77. The van der Waals surface area contributed by atoms with Crippen LogP contribution in [0.2, 0.25) is 0 Å². The van der Waals surface area contributed by atoms with Crippen molar-refractivity contribution in [1.82, 2.24) is 4.90 Å². The number of carbonyl (C=O) groups excluding carboxylic acids is 1. The molecule has 0 saturated carbocycles. The topological polar surface area (TPSA) is 20.3 Å². The van der Waals surface area contributed by atoms with Crippen molar-refractivity contribution < 1.29 is 9.18 Å². The highest BCUT2D eigenvalue weighted by molar-refractivity contribution is 5.78. The number of hydrogen-bond donors (Lipinski definition) is 0. The van der Waals surface area contributed by atoms with Gasteiger partial charge in [0.1, 0.15) is 5.82 Å². The molecule has 1 aliphatic heterocycles. The summed E-state index contributed by atoms with van der Waals surface area (Å²) in [5.41, 5.74) is 1.15. The minimum Gasteiger partial charge on any atom is -0.342 e. The molecule has 1 atom stereocenters. The van der Waals surface area contributed by atoms with Crippen molar-refractivity contribution in [2.75, 3.05) is 13.1 Å². The van der Waals surface area contributed by atoms with Gasteiger partial charge in [0.05, 0.1) is 0 Å². The second kappa shape index (κ2) is 7.58. The molecule has 0 aromatic heterocycles. The fourth-order valence-corrected chi connectivity index (χ4v) is 3.25. The van der Waals surface area contributed by atoms with E-state index in [-0.39, 0.29) is 11.7 Å². The van der Waals surface area contributed by atoms with Gasteiger partial charge in [0, 0.05) is 24.9 Å². The summed E-state index contributed by atoms with van der Waals surface area (Å²) >= 11 is 0. The lowest BCUT2D eigenvalue weighted by molar-refractivity contribution is -0.135. The largest absolute Gasteiger partial charge is 0.342 e. The summed E-state index contributed by atoms with van der Waals surface area (Å²) in [7, 11) is 0. The molecule has 0 N–H and O–H groups in total. The summed E-state index contributed by atoms with van der Waals surface area (Å²) in [5.74, 6) is 0.592. The Kier molecular flexibility index (Phi) is 5.77. The fraction of sp³-hybridized carbons (Fsp3) is 0.611. The van der Waals surface area contributed by atoms with Crippen molar-refractivity contribution in [2.45, 2.75) is 51.9 Å². The van der Waals surface area contributed by atoms with Crippen LogP contribution in [0.5, 0.6) is 0 Å². The zero-order valence-corrected chi connectivity index (χ0v) is 13.1. The van der Waals surface area contributed by atoms with E-state index in [9.17, 15) is 9.18 Å². The van der Waals surface area contributed by atoms with Crippen LogP contribution < -0.4 is 0 Å². The van der Waals surface area contributed by atoms with E-state index in [2.05, 4.69) is 13.8 Å². The van der Waals surface area contributed by atoms with Crippen molar-refractivity contribution in [2.24, 2.45) is 5.92 Å². The first-order chi connectivity index (χ1) is 10.2. The number of amides is 1. The number of likely N-dealkylation sites (tertiary alicyclic amines) is 1. The Morgan fingerprint density at radius 3 is 2.52 bits per heavy atom. The van der Waals surface area contributed by atoms with Crippen molar-refractivity contribution in [3.05, 3.63) is 35.6 Å². The normalized spacial score (nSPS) is 19.6. The van der Waals surface area contributed by atoms with Gasteiger partial charge in [-0.15, -0.1) is 0 Å². The molecule has 1 unspecified atom stereocenters. The Morgan fingerprint density at radius 2 is 1.90 bits per heavy atom. The van der Waals surface area contributed by atoms with E-state index >= 15 is 0 Å². The second-order valence-electron chi connectivity index (χ2n) is 6.04. The van der Waals surface area contributed by atoms with Crippen LogP contribution in [0.15, 0.2) is 24.3 Å². The zero-order valence-electron chi connectivity index (χ0n) is 13.1.